The van der Waals surface area contributed by atoms with Gasteiger partial charge in [-0.1, -0.05) is 0 Å². The van der Waals surface area contributed by atoms with Gasteiger partial charge < -0.3 is 9.47 Å². The van der Waals surface area contributed by atoms with E-state index in [4.69, 9.17) is 0 Å². The number of hydrogen-bond acceptors (Lipinski definition) is 4. The lowest BCUT2D eigenvalue weighted by molar-refractivity contribution is 0.361. The fourth-order valence-electron chi connectivity index (χ4n) is 3.12. The van der Waals surface area contributed by atoms with Crippen LogP contribution in [0.3, 0.4) is 0 Å². The van der Waals surface area contributed by atoms with E-state index in [1.165, 1.54) is 12.8 Å². The van der Waals surface area contributed by atoms with Crippen molar-refractivity contribution in [3.63, 3.8) is 0 Å². The Labute approximate surface area is 126 Å². The monoisotopic (exact) mass is 285 g/mol. The molecule has 1 aliphatic rings. The topological polar surface area (TPSA) is 46.8 Å². The predicted molar refractivity (Wildman–Crippen MR) is 83.4 cm³/mol. The van der Waals surface area contributed by atoms with E-state index in [9.17, 15) is 0 Å². The Morgan fingerprint density at radius 1 is 1.19 bits per heavy atom. The first-order valence-electron chi connectivity index (χ1n) is 7.67. The maximum absolute atomic E-state index is 4.60. The van der Waals surface area contributed by atoms with Crippen LogP contribution in [-0.4, -0.2) is 32.6 Å². The zero-order chi connectivity index (χ0) is 14.8. The molecule has 1 fully saturated rings. The Balaban J connectivity index is 1.72. The van der Waals surface area contributed by atoms with Crippen LogP contribution in [0.5, 0.6) is 0 Å². The first kappa shape index (κ1) is 14.0. The van der Waals surface area contributed by atoms with Crippen LogP contribution in [0.25, 0.3) is 0 Å². The summed E-state index contributed by atoms with van der Waals surface area (Å²) in [5, 5.41) is 0. The van der Waals surface area contributed by atoms with E-state index in [-0.39, 0.29) is 0 Å². The van der Waals surface area contributed by atoms with Gasteiger partial charge in [0.2, 0.25) is 5.95 Å². The molecular formula is C16H23N5. The molecular weight excluding hydrogens is 262 g/mol. The summed E-state index contributed by atoms with van der Waals surface area (Å²) in [6.07, 6.45) is 6.41. The summed E-state index contributed by atoms with van der Waals surface area (Å²) in [4.78, 5) is 15.8. The number of aryl methyl sites for hydroxylation is 3. The third-order valence-electron chi connectivity index (χ3n) is 4.15. The van der Waals surface area contributed by atoms with Gasteiger partial charge in [-0.2, -0.15) is 0 Å². The number of piperidine rings is 1. The van der Waals surface area contributed by atoms with Crippen molar-refractivity contribution in [3.8, 4) is 0 Å². The molecule has 3 heterocycles. The highest BCUT2D eigenvalue weighted by Gasteiger charge is 2.22. The Kier molecular flexibility index (Phi) is 3.90. The second-order valence-corrected chi connectivity index (χ2v) is 6.03. The second-order valence-electron chi connectivity index (χ2n) is 6.03. The van der Waals surface area contributed by atoms with Crippen LogP contribution in [0, 0.1) is 26.7 Å². The highest BCUT2D eigenvalue weighted by molar-refractivity contribution is 5.32. The third-order valence-corrected chi connectivity index (χ3v) is 4.15. The van der Waals surface area contributed by atoms with Crippen LogP contribution in [0.15, 0.2) is 18.5 Å². The molecule has 2 aromatic heterocycles. The molecule has 0 bridgehead atoms. The van der Waals surface area contributed by atoms with E-state index in [2.05, 4.69) is 37.5 Å². The van der Waals surface area contributed by atoms with Crippen LogP contribution in [0.2, 0.25) is 0 Å². The molecule has 0 spiro atoms. The molecule has 1 aliphatic heterocycles. The minimum Gasteiger partial charge on any atom is -0.340 e. The van der Waals surface area contributed by atoms with Gasteiger partial charge in [-0.05, 0) is 45.6 Å². The van der Waals surface area contributed by atoms with Gasteiger partial charge in [0, 0.05) is 43.4 Å². The van der Waals surface area contributed by atoms with Crippen molar-refractivity contribution in [2.45, 2.75) is 40.2 Å². The van der Waals surface area contributed by atoms with Crippen molar-refractivity contribution in [2.24, 2.45) is 5.92 Å². The average Bonchev–Trinajstić information content (AvgIpc) is 2.84. The average molecular weight is 285 g/mol. The molecule has 0 saturated carbocycles. The molecule has 5 nitrogen and oxygen atoms in total. The molecule has 0 N–H and O–H groups in total. The van der Waals surface area contributed by atoms with Gasteiger partial charge in [-0.15, -0.1) is 0 Å². The largest absolute Gasteiger partial charge is 0.340 e. The Morgan fingerprint density at radius 3 is 2.62 bits per heavy atom. The summed E-state index contributed by atoms with van der Waals surface area (Å²) in [5.41, 5.74) is 2.09. The molecule has 1 unspecified atom stereocenters. The lowest BCUT2D eigenvalue weighted by Gasteiger charge is -2.33. The molecule has 0 aromatic carbocycles. The number of aromatic nitrogens is 4. The first-order chi connectivity index (χ1) is 10.1. The van der Waals surface area contributed by atoms with E-state index in [1.54, 1.807) is 0 Å². The normalized spacial score (nSPS) is 19.0. The molecule has 1 saturated heterocycles. The summed E-state index contributed by atoms with van der Waals surface area (Å²) in [6.45, 7) is 9.26. The van der Waals surface area contributed by atoms with Crippen molar-refractivity contribution in [3.05, 3.63) is 35.7 Å². The lowest BCUT2D eigenvalue weighted by atomic mass is 9.98. The first-order valence-corrected chi connectivity index (χ1v) is 7.67. The van der Waals surface area contributed by atoms with E-state index in [1.807, 2.05) is 26.1 Å². The van der Waals surface area contributed by atoms with Crippen molar-refractivity contribution in [1.82, 2.24) is 19.5 Å². The molecule has 21 heavy (non-hydrogen) atoms. The van der Waals surface area contributed by atoms with Crippen LogP contribution in [0.1, 0.15) is 30.1 Å². The van der Waals surface area contributed by atoms with Crippen molar-refractivity contribution in [2.75, 3.05) is 18.0 Å². The summed E-state index contributed by atoms with van der Waals surface area (Å²) >= 11 is 0. The zero-order valence-electron chi connectivity index (χ0n) is 13.1. The van der Waals surface area contributed by atoms with Crippen LogP contribution in [-0.2, 0) is 6.54 Å². The predicted octanol–water partition coefficient (Wildman–Crippen LogP) is 2.51. The van der Waals surface area contributed by atoms with Gasteiger partial charge >= 0.3 is 0 Å². The van der Waals surface area contributed by atoms with Crippen LogP contribution < -0.4 is 4.90 Å². The van der Waals surface area contributed by atoms with Crippen LogP contribution in [0.4, 0.5) is 5.95 Å². The maximum Gasteiger partial charge on any atom is 0.225 e. The third kappa shape index (κ3) is 3.23. The number of hydrogen-bond donors (Lipinski definition) is 0. The lowest BCUT2D eigenvalue weighted by Crippen LogP contribution is -2.38. The van der Waals surface area contributed by atoms with Gasteiger partial charge in [0.25, 0.3) is 0 Å². The Morgan fingerprint density at radius 2 is 1.95 bits per heavy atom. The van der Waals surface area contributed by atoms with Crippen molar-refractivity contribution in [1.29, 1.82) is 0 Å². The van der Waals surface area contributed by atoms with E-state index in [0.717, 1.165) is 42.8 Å². The summed E-state index contributed by atoms with van der Waals surface area (Å²) in [6, 6.07) is 2.03. The molecule has 3 rings (SSSR count). The van der Waals surface area contributed by atoms with E-state index in [0.29, 0.717) is 5.92 Å². The van der Waals surface area contributed by atoms with Crippen molar-refractivity contribution >= 4 is 5.95 Å². The van der Waals surface area contributed by atoms with Gasteiger partial charge in [-0.25, -0.2) is 15.0 Å². The minimum absolute atomic E-state index is 0.635. The smallest absolute Gasteiger partial charge is 0.225 e. The molecule has 0 amide bonds. The second kappa shape index (κ2) is 5.84. The molecule has 0 aliphatic carbocycles. The van der Waals surface area contributed by atoms with Crippen molar-refractivity contribution < 1.29 is 0 Å². The highest BCUT2D eigenvalue weighted by Crippen LogP contribution is 2.22. The summed E-state index contributed by atoms with van der Waals surface area (Å²) in [5.74, 6) is 2.62. The minimum atomic E-state index is 0.635. The molecule has 0 radical (unpaired) electrons. The Bertz CT molecular complexity index is 599. The molecule has 2 aromatic rings. The summed E-state index contributed by atoms with van der Waals surface area (Å²) < 4.78 is 2.25. The number of nitrogens with zero attached hydrogens (tertiary/aromatic N) is 5. The van der Waals surface area contributed by atoms with E-state index < -0.39 is 0 Å². The van der Waals surface area contributed by atoms with E-state index >= 15 is 0 Å². The van der Waals surface area contributed by atoms with Gasteiger partial charge in [0.15, 0.2) is 0 Å². The fourth-order valence-corrected chi connectivity index (χ4v) is 3.12. The maximum atomic E-state index is 4.60. The molecule has 112 valence electrons. The quantitative estimate of drug-likeness (QED) is 0.869. The summed E-state index contributed by atoms with van der Waals surface area (Å²) in [7, 11) is 0. The fraction of sp³-hybridized carbons (Fsp3) is 0.562. The standard InChI is InChI=1S/C16H23N5/c1-12-9-13(2)19-16(18-12)21-7-4-5-15(11-21)10-20-8-6-17-14(20)3/h6,8-9,15H,4-5,7,10-11H2,1-3H3. The van der Waals surface area contributed by atoms with Gasteiger partial charge in [-0.3, -0.25) is 0 Å². The zero-order valence-corrected chi connectivity index (χ0v) is 13.1. The SMILES string of the molecule is Cc1cc(C)nc(N2CCCC(Cn3ccnc3C)C2)n1. The number of imidazole rings is 1. The van der Waals surface area contributed by atoms with Crippen LogP contribution >= 0.6 is 0 Å². The number of anilines is 1. The Hall–Kier alpha value is -1.91. The molecule has 1 atom stereocenters. The molecule has 5 heteroatoms. The number of rotatable bonds is 3. The van der Waals surface area contributed by atoms with Gasteiger partial charge in [0.05, 0.1) is 0 Å². The highest BCUT2D eigenvalue weighted by atomic mass is 15.3. The van der Waals surface area contributed by atoms with Gasteiger partial charge in [0.1, 0.15) is 5.82 Å².